The Morgan fingerprint density at radius 3 is 2.30 bits per heavy atom. The monoisotopic (exact) mass is 698 g/mol. The molecule has 2 amide bonds. The molecule has 2 aromatic rings. The van der Waals surface area contributed by atoms with E-state index >= 15 is 0 Å². The molecular weight excluding hydrogens is 655 g/mol. The van der Waals surface area contributed by atoms with E-state index in [1.807, 2.05) is 26.0 Å². The van der Waals surface area contributed by atoms with Crippen LogP contribution in [0.1, 0.15) is 61.2 Å². The first-order chi connectivity index (χ1) is 20.9. The second-order valence-corrected chi connectivity index (χ2v) is 13.8. The van der Waals surface area contributed by atoms with Crippen molar-refractivity contribution in [3.8, 4) is 11.8 Å². The van der Waals surface area contributed by atoms with Gasteiger partial charge in [0.15, 0.2) is 0 Å². The number of rotatable bonds is 8. The van der Waals surface area contributed by atoms with Crippen molar-refractivity contribution in [3.05, 3.63) is 46.8 Å². The molecule has 1 spiro atoms. The molecule has 4 heterocycles. The lowest BCUT2D eigenvalue weighted by Crippen LogP contribution is -2.75. The molecule has 0 radical (unpaired) electrons. The van der Waals surface area contributed by atoms with Gasteiger partial charge in [-0.25, -0.2) is 8.42 Å². The molecule has 12 nitrogen and oxygen atoms in total. The Morgan fingerprint density at radius 2 is 1.76 bits per heavy atom. The Morgan fingerprint density at radius 1 is 1.13 bits per heavy atom. The number of sulfonamides is 1. The number of anilines is 1. The smallest absolute Gasteiger partial charge is 0.249 e. The number of hydrogen-bond donors (Lipinski definition) is 4. The SMILES string of the molecule is CC#CCN1C(=O)[C@@H]([C@H](O)C2CCOCC2)NC(=O)C12CCN(C(c1ccc(NS(C)(=O)=O)cc1)c1c(C)n[nH]c1C)CC2.Cl.Cl. The van der Waals surface area contributed by atoms with Crippen LogP contribution in [0.2, 0.25) is 0 Å². The lowest BCUT2D eigenvalue weighted by molar-refractivity contribution is -0.165. The molecule has 15 heteroatoms. The van der Waals surface area contributed by atoms with Gasteiger partial charge in [0.05, 0.1) is 30.6 Å². The highest BCUT2D eigenvalue weighted by molar-refractivity contribution is 7.92. The predicted octanol–water partition coefficient (Wildman–Crippen LogP) is 2.30. The van der Waals surface area contributed by atoms with Crippen molar-refractivity contribution < 1.29 is 27.9 Å². The highest BCUT2D eigenvalue weighted by atomic mass is 35.5. The maximum atomic E-state index is 14.0. The first-order valence-electron chi connectivity index (χ1n) is 15.1. The summed E-state index contributed by atoms with van der Waals surface area (Å²) >= 11 is 0. The quantitative estimate of drug-likeness (QED) is 0.306. The van der Waals surface area contributed by atoms with Gasteiger partial charge >= 0.3 is 0 Å². The van der Waals surface area contributed by atoms with Gasteiger partial charge in [0.2, 0.25) is 21.8 Å². The molecule has 1 unspecified atom stereocenters. The molecule has 46 heavy (non-hydrogen) atoms. The molecule has 0 saturated carbocycles. The molecule has 3 saturated heterocycles. The summed E-state index contributed by atoms with van der Waals surface area (Å²) in [5.41, 5.74) is 3.11. The van der Waals surface area contributed by atoms with Gasteiger partial charge in [0.1, 0.15) is 11.6 Å². The van der Waals surface area contributed by atoms with E-state index in [-0.39, 0.29) is 55.1 Å². The number of carbonyl (C=O) groups is 2. The van der Waals surface area contributed by atoms with Gasteiger partial charge in [0, 0.05) is 43.2 Å². The normalized spacial score (nSPS) is 21.7. The number of halogens is 2. The van der Waals surface area contributed by atoms with E-state index in [9.17, 15) is 23.1 Å². The summed E-state index contributed by atoms with van der Waals surface area (Å²) in [6.07, 6.45) is 2.15. The summed E-state index contributed by atoms with van der Waals surface area (Å²) in [5.74, 6) is 5.17. The van der Waals surface area contributed by atoms with Gasteiger partial charge in [-0.2, -0.15) is 5.10 Å². The second kappa shape index (κ2) is 15.4. The van der Waals surface area contributed by atoms with Gasteiger partial charge in [-0.05, 0) is 70.1 Å². The number of aryl methyl sites for hydroxylation is 2. The molecule has 3 aliphatic heterocycles. The Bertz CT molecular complexity index is 1520. The summed E-state index contributed by atoms with van der Waals surface area (Å²) in [6.45, 7) is 7.77. The molecule has 4 N–H and O–H groups in total. The first-order valence-corrected chi connectivity index (χ1v) is 17.0. The molecule has 1 aromatic heterocycles. The van der Waals surface area contributed by atoms with Crippen molar-refractivity contribution in [2.75, 3.05) is 43.8 Å². The minimum absolute atomic E-state index is 0. The number of piperidine rings is 1. The van der Waals surface area contributed by atoms with E-state index in [1.54, 1.807) is 24.0 Å². The number of amides is 2. The number of piperazine rings is 1. The van der Waals surface area contributed by atoms with Crippen LogP contribution in [0.25, 0.3) is 0 Å². The summed E-state index contributed by atoms with van der Waals surface area (Å²) in [4.78, 5) is 31.8. The zero-order valence-electron chi connectivity index (χ0n) is 26.5. The largest absolute Gasteiger partial charge is 0.390 e. The standard InChI is InChI=1S/C31H42N6O6S.2ClH/c1-5-6-15-37-29(39)26(28(38)23-11-18-43-19-12-23)32-30(40)31(37)13-16-36(17-14-31)27(25-20(2)33-34-21(25)3)22-7-9-24(10-8-22)35-44(4,41)42;;/h7-10,23,26-28,35,38H,11-19H2,1-4H3,(H,32,40)(H,33,34);2*1H/t26-,27?,28-;;/m1../s1. The number of benzene rings is 1. The predicted molar refractivity (Wildman–Crippen MR) is 179 cm³/mol. The van der Waals surface area contributed by atoms with Crippen LogP contribution >= 0.6 is 24.8 Å². The minimum Gasteiger partial charge on any atom is -0.390 e. The fourth-order valence-electron chi connectivity index (χ4n) is 6.91. The number of nitrogens with one attached hydrogen (secondary N) is 3. The Labute approximate surface area is 283 Å². The van der Waals surface area contributed by atoms with E-state index < -0.39 is 27.7 Å². The van der Waals surface area contributed by atoms with Crippen molar-refractivity contribution >= 4 is 52.3 Å². The maximum Gasteiger partial charge on any atom is 0.249 e. The summed E-state index contributed by atoms with van der Waals surface area (Å²) in [5, 5.41) is 21.6. The summed E-state index contributed by atoms with van der Waals surface area (Å²) in [6, 6.07) is 6.04. The van der Waals surface area contributed by atoms with Gasteiger partial charge in [0.25, 0.3) is 0 Å². The average molecular weight is 700 g/mol. The second-order valence-electron chi connectivity index (χ2n) is 12.1. The molecule has 254 valence electrons. The molecule has 0 aliphatic carbocycles. The Kier molecular flexibility index (Phi) is 12.6. The van der Waals surface area contributed by atoms with Crippen LogP contribution in [-0.2, 0) is 24.3 Å². The fraction of sp³-hybridized carbons (Fsp3) is 0.581. The average Bonchev–Trinajstić information content (AvgIpc) is 3.33. The Hall–Kier alpha value is -2.86. The van der Waals surface area contributed by atoms with Crippen LogP contribution in [0.3, 0.4) is 0 Å². The number of ether oxygens (including phenoxy) is 1. The highest BCUT2D eigenvalue weighted by Gasteiger charge is 2.56. The lowest BCUT2D eigenvalue weighted by atomic mass is 9.78. The van der Waals surface area contributed by atoms with Crippen molar-refractivity contribution in [1.82, 2.24) is 25.3 Å². The molecule has 3 atom stereocenters. The van der Waals surface area contributed by atoms with Gasteiger partial charge in [-0.15, -0.1) is 30.7 Å². The van der Waals surface area contributed by atoms with E-state index in [0.29, 0.717) is 57.7 Å². The third-order valence-corrected chi connectivity index (χ3v) is 9.85. The van der Waals surface area contributed by atoms with E-state index in [1.165, 1.54) is 0 Å². The number of aliphatic hydroxyl groups is 1. The molecule has 5 rings (SSSR count). The van der Waals surface area contributed by atoms with Crippen LogP contribution in [0, 0.1) is 31.6 Å². The molecule has 0 bridgehead atoms. The summed E-state index contributed by atoms with van der Waals surface area (Å²) in [7, 11) is -3.42. The summed E-state index contributed by atoms with van der Waals surface area (Å²) < 4.78 is 31.4. The zero-order valence-corrected chi connectivity index (χ0v) is 29.0. The van der Waals surface area contributed by atoms with Crippen molar-refractivity contribution in [3.63, 3.8) is 0 Å². The molecule has 1 aromatic carbocycles. The van der Waals surface area contributed by atoms with E-state index in [2.05, 4.69) is 37.0 Å². The van der Waals surface area contributed by atoms with E-state index in [0.717, 1.165) is 28.8 Å². The van der Waals surface area contributed by atoms with Crippen molar-refractivity contribution in [2.45, 2.75) is 70.2 Å². The number of nitrogens with zero attached hydrogens (tertiary/aromatic N) is 3. The number of aromatic nitrogens is 2. The fourth-order valence-corrected chi connectivity index (χ4v) is 7.47. The number of aliphatic hydroxyl groups excluding tert-OH is 1. The van der Waals surface area contributed by atoms with Gasteiger partial charge in [-0.3, -0.25) is 24.3 Å². The number of carbonyl (C=O) groups excluding carboxylic acids is 2. The van der Waals surface area contributed by atoms with Crippen molar-refractivity contribution in [1.29, 1.82) is 0 Å². The highest BCUT2D eigenvalue weighted by Crippen LogP contribution is 2.40. The van der Waals surface area contributed by atoms with E-state index in [4.69, 9.17) is 4.74 Å². The van der Waals surface area contributed by atoms with Crippen LogP contribution in [0.5, 0.6) is 0 Å². The van der Waals surface area contributed by atoms with Crippen LogP contribution < -0.4 is 10.0 Å². The van der Waals surface area contributed by atoms with Crippen LogP contribution in [0.15, 0.2) is 24.3 Å². The first kappa shape index (κ1) is 37.6. The number of likely N-dealkylation sites (tertiary alicyclic amines) is 1. The topological polar surface area (TPSA) is 157 Å². The third-order valence-electron chi connectivity index (χ3n) is 9.24. The number of H-pyrrole nitrogens is 1. The third kappa shape index (κ3) is 7.64. The molecular formula is C31H44Cl2N6O6S. The number of hydrogen-bond acceptors (Lipinski definition) is 8. The lowest BCUT2D eigenvalue weighted by Gasteiger charge is -2.53. The van der Waals surface area contributed by atoms with Gasteiger partial charge in [-0.1, -0.05) is 18.1 Å². The number of aromatic amines is 1. The van der Waals surface area contributed by atoms with Gasteiger partial charge < -0.3 is 20.1 Å². The zero-order chi connectivity index (χ0) is 31.6. The Balaban J connectivity index is 0.00000288. The van der Waals surface area contributed by atoms with Crippen LogP contribution in [-0.4, -0.2) is 102 Å². The molecule has 3 aliphatic rings. The van der Waals surface area contributed by atoms with Crippen molar-refractivity contribution in [2.24, 2.45) is 5.92 Å². The maximum absolute atomic E-state index is 14.0. The minimum atomic E-state index is -3.42. The van der Waals surface area contributed by atoms with Crippen LogP contribution in [0.4, 0.5) is 5.69 Å². The molecule has 3 fully saturated rings.